The number of ether oxygens (including phenoxy) is 1. The van der Waals surface area contributed by atoms with Gasteiger partial charge in [0, 0.05) is 0 Å². The minimum atomic E-state index is -0.285. The van der Waals surface area contributed by atoms with Gasteiger partial charge in [0.1, 0.15) is 0 Å². The van der Waals surface area contributed by atoms with E-state index in [1.807, 2.05) is 0 Å². The van der Waals surface area contributed by atoms with Gasteiger partial charge in [-0.25, -0.2) is 0 Å². The highest BCUT2D eigenvalue weighted by molar-refractivity contribution is 5.94. The Hall–Kier alpha value is -1.90. The predicted molar refractivity (Wildman–Crippen MR) is 131 cm³/mol. The zero-order chi connectivity index (χ0) is 23.2. The van der Waals surface area contributed by atoms with Crippen molar-refractivity contribution in [3.05, 3.63) is 48.0 Å². The Kier molecular flexibility index (Phi) is 3.86. The van der Waals surface area contributed by atoms with Crippen molar-refractivity contribution in [2.45, 2.75) is 44.9 Å². The standard InChI is InChI=1S/C32H36O3/c1-14(15-5-3-2-4-6-15)18-10-19-20-11-23(30(19)28(18)24-13-25(33)35-32(24)34)31-22-12-21(29(20)31)26-16-7-8-17(9-16)27(22)26/h2-8,14,16-24,26-31H,9-13H2,1H3. The number of rotatable bonds is 3. The van der Waals surface area contributed by atoms with Gasteiger partial charge in [-0.2, -0.15) is 0 Å². The molecule has 1 heterocycles. The molecule has 7 fully saturated rings. The summed E-state index contributed by atoms with van der Waals surface area (Å²) in [6.45, 7) is 2.39. The second-order valence-corrected chi connectivity index (χ2v) is 13.9. The largest absolute Gasteiger partial charge is 0.393 e. The van der Waals surface area contributed by atoms with E-state index < -0.39 is 0 Å². The Morgan fingerprint density at radius 1 is 0.714 bits per heavy atom. The molecule has 0 N–H and O–H groups in total. The number of fused-ring (bicyclic) bond motifs is 19. The van der Waals surface area contributed by atoms with E-state index in [0.717, 1.165) is 65.1 Å². The monoisotopic (exact) mass is 468 g/mol. The molecule has 16 unspecified atom stereocenters. The Morgan fingerprint density at radius 3 is 2.00 bits per heavy atom. The lowest BCUT2D eigenvalue weighted by Gasteiger charge is -2.48. The number of benzene rings is 1. The number of esters is 2. The summed E-state index contributed by atoms with van der Waals surface area (Å²) < 4.78 is 5.19. The third-order valence-corrected chi connectivity index (χ3v) is 13.4. The van der Waals surface area contributed by atoms with E-state index in [4.69, 9.17) is 4.74 Å². The number of allylic oxidation sites excluding steroid dienone is 2. The van der Waals surface area contributed by atoms with Gasteiger partial charge in [0.05, 0.1) is 12.3 Å². The summed E-state index contributed by atoms with van der Waals surface area (Å²) in [6, 6.07) is 10.9. The van der Waals surface area contributed by atoms with Crippen molar-refractivity contribution in [2.75, 3.05) is 0 Å². The topological polar surface area (TPSA) is 43.4 Å². The van der Waals surface area contributed by atoms with Crippen LogP contribution in [0.2, 0.25) is 0 Å². The van der Waals surface area contributed by atoms with Gasteiger partial charge < -0.3 is 4.74 Å². The van der Waals surface area contributed by atoms with Gasteiger partial charge >= 0.3 is 11.9 Å². The van der Waals surface area contributed by atoms with Crippen molar-refractivity contribution in [3.63, 3.8) is 0 Å². The van der Waals surface area contributed by atoms with Crippen molar-refractivity contribution < 1.29 is 14.3 Å². The SMILES string of the molecule is CC(c1ccccc1)C1CC2C3CC(C2C1C1CC(=O)OC1=O)C1C2CC(C4C5C=CC(C5)C24)C31. The average Bonchev–Trinajstić information content (AvgIpc) is 3.69. The summed E-state index contributed by atoms with van der Waals surface area (Å²) in [4.78, 5) is 25.3. The number of hydrogen-bond donors (Lipinski definition) is 0. The molecular weight excluding hydrogens is 432 g/mol. The van der Waals surface area contributed by atoms with Crippen LogP contribution < -0.4 is 0 Å². The smallest absolute Gasteiger partial charge is 0.317 e. The molecule has 16 atom stereocenters. The summed E-state index contributed by atoms with van der Waals surface area (Å²) in [5.41, 5.74) is 1.39. The first-order valence-electron chi connectivity index (χ1n) is 14.6. The van der Waals surface area contributed by atoms with Gasteiger partial charge in [0.15, 0.2) is 0 Å². The van der Waals surface area contributed by atoms with Crippen LogP contribution in [0.4, 0.5) is 0 Å². The van der Waals surface area contributed by atoms with Gasteiger partial charge in [-0.15, -0.1) is 0 Å². The fraction of sp³-hybridized carbons (Fsp3) is 0.688. The van der Waals surface area contributed by atoms with E-state index in [-0.39, 0.29) is 17.9 Å². The molecule has 8 aliphatic rings. The van der Waals surface area contributed by atoms with E-state index in [2.05, 4.69) is 49.4 Å². The van der Waals surface area contributed by atoms with E-state index in [0.29, 0.717) is 30.1 Å². The zero-order valence-electron chi connectivity index (χ0n) is 20.5. The van der Waals surface area contributed by atoms with Crippen LogP contribution >= 0.6 is 0 Å². The molecule has 7 aliphatic carbocycles. The Labute approximate surface area is 208 Å². The minimum absolute atomic E-state index is 0.205. The summed E-state index contributed by atoms with van der Waals surface area (Å²) in [5, 5.41) is 0. The lowest BCUT2D eigenvalue weighted by Crippen LogP contribution is -2.45. The average molecular weight is 469 g/mol. The maximum atomic E-state index is 13.0. The van der Waals surface area contributed by atoms with Crippen molar-refractivity contribution in [3.8, 4) is 0 Å². The summed E-state index contributed by atoms with van der Waals surface area (Å²) in [5.74, 6) is 11.1. The van der Waals surface area contributed by atoms with Crippen molar-refractivity contribution in [2.24, 2.45) is 88.8 Å². The summed E-state index contributed by atoms with van der Waals surface area (Å²) >= 11 is 0. The molecule has 35 heavy (non-hydrogen) atoms. The van der Waals surface area contributed by atoms with Crippen LogP contribution in [0.1, 0.15) is 50.5 Å². The van der Waals surface area contributed by atoms with Crippen LogP contribution in [0, 0.1) is 88.8 Å². The minimum Gasteiger partial charge on any atom is -0.393 e. The summed E-state index contributed by atoms with van der Waals surface area (Å²) in [7, 11) is 0. The van der Waals surface area contributed by atoms with Gasteiger partial charge in [0.2, 0.25) is 0 Å². The highest BCUT2D eigenvalue weighted by Gasteiger charge is 2.75. The Morgan fingerprint density at radius 2 is 1.31 bits per heavy atom. The number of carbonyl (C=O) groups is 2. The third-order valence-electron chi connectivity index (χ3n) is 13.4. The molecule has 1 saturated heterocycles. The maximum Gasteiger partial charge on any atom is 0.317 e. The van der Waals surface area contributed by atoms with Crippen molar-refractivity contribution in [1.82, 2.24) is 0 Å². The fourth-order valence-corrected chi connectivity index (χ4v) is 13.0. The first-order chi connectivity index (χ1) is 17.1. The van der Waals surface area contributed by atoms with Crippen LogP contribution in [0.5, 0.6) is 0 Å². The molecule has 3 nitrogen and oxygen atoms in total. The van der Waals surface area contributed by atoms with Gasteiger partial charge in [-0.1, -0.05) is 49.4 Å². The van der Waals surface area contributed by atoms with E-state index in [9.17, 15) is 9.59 Å². The molecule has 1 aliphatic heterocycles. The van der Waals surface area contributed by atoms with Gasteiger partial charge in [-0.3, -0.25) is 9.59 Å². The van der Waals surface area contributed by atoms with E-state index in [1.54, 1.807) is 0 Å². The zero-order valence-corrected chi connectivity index (χ0v) is 20.5. The predicted octanol–water partition coefficient (Wildman–Crippen LogP) is 5.72. The van der Waals surface area contributed by atoms with Crippen LogP contribution in [-0.2, 0) is 14.3 Å². The first kappa shape index (κ1) is 20.2. The van der Waals surface area contributed by atoms with Crippen LogP contribution in [-0.4, -0.2) is 11.9 Å². The molecule has 0 amide bonds. The highest BCUT2D eigenvalue weighted by atomic mass is 16.6. The number of cyclic esters (lactones) is 2. The van der Waals surface area contributed by atoms with E-state index in [1.165, 1.54) is 31.2 Å². The second-order valence-electron chi connectivity index (χ2n) is 13.9. The van der Waals surface area contributed by atoms with Crippen LogP contribution in [0.25, 0.3) is 0 Å². The highest BCUT2D eigenvalue weighted by Crippen LogP contribution is 2.80. The van der Waals surface area contributed by atoms with Crippen molar-refractivity contribution >= 4 is 11.9 Å². The van der Waals surface area contributed by atoms with Crippen LogP contribution in [0.3, 0.4) is 0 Å². The third kappa shape index (κ3) is 2.36. The molecular formula is C32H36O3. The van der Waals surface area contributed by atoms with Gasteiger partial charge in [-0.05, 0) is 120 Å². The molecule has 1 aromatic rings. The second kappa shape index (κ2) is 6.69. The molecule has 0 radical (unpaired) electrons. The molecule has 9 rings (SSSR count). The quantitative estimate of drug-likeness (QED) is 0.247. The summed E-state index contributed by atoms with van der Waals surface area (Å²) in [6.07, 6.45) is 11.1. The Bertz CT molecular complexity index is 1140. The normalized spacial score (nSPS) is 56.5. The molecule has 1 aromatic carbocycles. The number of carbonyl (C=O) groups excluding carboxylic acids is 2. The molecule has 6 bridgehead atoms. The molecule has 0 aromatic heterocycles. The lowest BCUT2D eigenvalue weighted by atomic mass is 9.56. The molecule has 182 valence electrons. The first-order valence-corrected chi connectivity index (χ1v) is 14.6. The lowest BCUT2D eigenvalue weighted by molar-refractivity contribution is -0.154. The fourth-order valence-electron chi connectivity index (χ4n) is 13.0. The number of hydrogen-bond acceptors (Lipinski definition) is 3. The van der Waals surface area contributed by atoms with Crippen LogP contribution in [0.15, 0.2) is 42.5 Å². The maximum absolute atomic E-state index is 13.0. The Balaban J connectivity index is 1.10. The molecule has 6 saturated carbocycles. The van der Waals surface area contributed by atoms with Crippen molar-refractivity contribution in [1.29, 1.82) is 0 Å². The molecule has 0 spiro atoms. The molecule has 3 heteroatoms. The van der Waals surface area contributed by atoms with E-state index >= 15 is 0 Å². The van der Waals surface area contributed by atoms with Gasteiger partial charge in [0.25, 0.3) is 0 Å².